The highest BCUT2D eigenvalue weighted by atomic mass is 16.6. The van der Waals surface area contributed by atoms with Gasteiger partial charge in [-0.1, -0.05) is 47.6 Å². The molecule has 1 unspecified atom stereocenters. The van der Waals surface area contributed by atoms with Crippen LogP contribution in [0.25, 0.3) is 11.4 Å². The van der Waals surface area contributed by atoms with Crippen LogP contribution in [0.5, 0.6) is 11.5 Å². The maximum absolute atomic E-state index is 12.1. The van der Waals surface area contributed by atoms with E-state index in [1.807, 2.05) is 36.4 Å². The molecule has 0 radical (unpaired) electrons. The fourth-order valence-corrected chi connectivity index (χ4v) is 2.38. The van der Waals surface area contributed by atoms with E-state index >= 15 is 0 Å². The van der Waals surface area contributed by atoms with Gasteiger partial charge < -0.3 is 18.7 Å². The van der Waals surface area contributed by atoms with Crippen LogP contribution in [0.4, 0.5) is 0 Å². The monoisotopic (exact) mass is 338 g/mol. The van der Waals surface area contributed by atoms with E-state index in [0.717, 1.165) is 5.56 Å². The number of ether oxygens (including phenoxy) is 3. The van der Waals surface area contributed by atoms with Gasteiger partial charge in [0, 0.05) is 5.56 Å². The van der Waals surface area contributed by atoms with Gasteiger partial charge in [0.2, 0.25) is 11.9 Å². The van der Waals surface area contributed by atoms with Gasteiger partial charge in [-0.3, -0.25) is 0 Å². The molecule has 1 aromatic heterocycles. The van der Waals surface area contributed by atoms with E-state index in [2.05, 4.69) is 10.1 Å². The molecular formula is C18H14N2O5. The van der Waals surface area contributed by atoms with E-state index in [0.29, 0.717) is 17.3 Å². The van der Waals surface area contributed by atoms with E-state index in [-0.39, 0.29) is 19.1 Å². The number of carbonyl (C=O) groups is 1. The van der Waals surface area contributed by atoms with Crippen molar-refractivity contribution in [3.63, 3.8) is 0 Å². The van der Waals surface area contributed by atoms with Crippen LogP contribution in [-0.2, 0) is 16.1 Å². The smallest absolute Gasteiger partial charge is 0.351 e. The average Bonchev–Trinajstić information content (AvgIpc) is 3.15. The molecule has 1 aliphatic heterocycles. The zero-order chi connectivity index (χ0) is 17.1. The minimum Gasteiger partial charge on any atom is -0.485 e. The standard InChI is InChI=1S/C18H14N2O5/c21-18(15-10-22-13-8-4-5-9-14(13)24-15)23-11-16-19-17(20-25-16)12-6-2-1-3-7-12/h1-9,15H,10-11H2. The Morgan fingerprint density at radius 1 is 1.08 bits per heavy atom. The summed E-state index contributed by atoms with van der Waals surface area (Å²) < 4.78 is 21.4. The topological polar surface area (TPSA) is 83.7 Å². The number of benzene rings is 2. The van der Waals surface area contributed by atoms with Crippen molar-refractivity contribution in [2.75, 3.05) is 6.61 Å². The number of aromatic nitrogens is 2. The molecule has 3 aromatic rings. The van der Waals surface area contributed by atoms with Crippen molar-refractivity contribution < 1.29 is 23.5 Å². The van der Waals surface area contributed by atoms with Crippen LogP contribution in [-0.4, -0.2) is 28.8 Å². The third-order valence-electron chi connectivity index (χ3n) is 3.61. The van der Waals surface area contributed by atoms with Gasteiger partial charge in [-0.15, -0.1) is 0 Å². The molecule has 4 rings (SSSR count). The Hall–Kier alpha value is -3.35. The minimum atomic E-state index is -0.827. The maximum Gasteiger partial charge on any atom is 0.351 e. The third-order valence-corrected chi connectivity index (χ3v) is 3.61. The molecule has 0 saturated heterocycles. The summed E-state index contributed by atoms with van der Waals surface area (Å²) in [6, 6.07) is 16.5. The molecule has 0 bridgehead atoms. The predicted molar refractivity (Wildman–Crippen MR) is 85.9 cm³/mol. The molecule has 0 N–H and O–H groups in total. The quantitative estimate of drug-likeness (QED) is 0.676. The fraction of sp³-hybridized carbons (Fsp3) is 0.167. The van der Waals surface area contributed by atoms with Crippen molar-refractivity contribution in [2.24, 2.45) is 0 Å². The molecular weight excluding hydrogens is 324 g/mol. The number of hydrogen-bond acceptors (Lipinski definition) is 7. The number of fused-ring (bicyclic) bond motifs is 1. The molecule has 0 spiro atoms. The molecule has 7 nitrogen and oxygen atoms in total. The van der Waals surface area contributed by atoms with E-state index in [9.17, 15) is 4.79 Å². The van der Waals surface area contributed by atoms with Crippen molar-refractivity contribution >= 4 is 5.97 Å². The molecule has 0 fully saturated rings. The maximum atomic E-state index is 12.1. The molecule has 2 heterocycles. The molecule has 0 amide bonds. The lowest BCUT2D eigenvalue weighted by Gasteiger charge is -2.24. The van der Waals surface area contributed by atoms with Gasteiger partial charge in [-0.05, 0) is 12.1 Å². The van der Waals surface area contributed by atoms with E-state index < -0.39 is 12.1 Å². The molecule has 0 saturated carbocycles. The van der Waals surface area contributed by atoms with Gasteiger partial charge in [0.05, 0.1) is 0 Å². The number of rotatable bonds is 4. The van der Waals surface area contributed by atoms with E-state index in [1.165, 1.54) is 0 Å². The fourth-order valence-electron chi connectivity index (χ4n) is 2.38. The number of hydrogen-bond donors (Lipinski definition) is 0. The van der Waals surface area contributed by atoms with Crippen molar-refractivity contribution in [2.45, 2.75) is 12.7 Å². The number of esters is 1. The summed E-state index contributed by atoms with van der Waals surface area (Å²) in [5, 5.41) is 3.87. The van der Waals surface area contributed by atoms with Crippen LogP contribution in [0.2, 0.25) is 0 Å². The molecule has 1 atom stereocenters. The first-order chi connectivity index (χ1) is 12.3. The summed E-state index contributed by atoms with van der Waals surface area (Å²) in [7, 11) is 0. The number of nitrogens with zero attached hydrogens (tertiary/aromatic N) is 2. The van der Waals surface area contributed by atoms with Crippen LogP contribution in [0.15, 0.2) is 59.1 Å². The van der Waals surface area contributed by atoms with Gasteiger partial charge in [-0.25, -0.2) is 4.79 Å². The second-order valence-corrected chi connectivity index (χ2v) is 5.35. The first kappa shape index (κ1) is 15.2. The molecule has 7 heteroatoms. The molecule has 0 aliphatic carbocycles. The molecule has 25 heavy (non-hydrogen) atoms. The third kappa shape index (κ3) is 3.30. The summed E-state index contributed by atoms with van der Waals surface area (Å²) in [5.74, 6) is 1.23. The highest BCUT2D eigenvalue weighted by molar-refractivity contribution is 5.75. The highest BCUT2D eigenvalue weighted by Crippen LogP contribution is 2.31. The van der Waals surface area contributed by atoms with Crippen LogP contribution in [0, 0.1) is 0 Å². The summed E-state index contributed by atoms with van der Waals surface area (Å²) >= 11 is 0. The molecule has 2 aromatic carbocycles. The normalized spacial score (nSPS) is 15.6. The van der Waals surface area contributed by atoms with Gasteiger partial charge in [0.1, 0.15) is 6.61 Å². The molecule has 126 valence electrons. The zero-order valence-corrected chi connectivity index (χ0v) is 13.1. The van der Waals surface area contributed by atoms with Crippen LogP contribution in [0.3, 0.4) is 0 Å². The lowest BCUT2D eigenvalue weighted by atomic mass is 10.2. The Morgan fingerprint density at radius 2 is 1.84 bits per heavy atom. The van der Waals surface area contributed by atoms with Gasteiger partial charge in [0.25, 0.3) is 5.89 Å². The minimum absolute atomic E-state index is 0.0922. The summed E-state index contributed by atoms with van der Waals surface area (Å²) in [4.78, 5) is 16.3. The lowest BCUT2D eigenvalue weighted by molar-refractivity contribution is -0.156. The van der Waals surface area contributed by atoms with E-state index in [1.54, 1.807) is 18.2 Å². The van der Waals surface area contributed by atoms with Gasteiger partial charge in [-0.2, -0.15) is 4.98 Å². The number of carbonyl (C=O) groups excluding carboxylic acids is 1. The van der Waals surface area contributed by atoms with Gasteiger partial charge in [0.15, 0.2) is 18.1 Å². The Labute approximate surface area is 143 Å². The highest BCUT2D eigenvalue weighted by Gasteiger charge is 2.29. The van der Waals surface area contributed by atoms with Crippen molar-refractivity contribution in [3.8, 4) is 22.9 Å². The Balaban J connectivity index is 1.36. The Kier molecular flexibility index (Phi) is 4.04. The lowest BCUT2D eigenvalue weighted by Crippen LogP contribution is -2.37. The Morgan fingerprint density at radius 3 is 2.68 bits per heavy atom. The zero-order valence-electron chi connectivity index (χ0n) is 13.1. The largest absolute Gasteiger partial charge is 0.485 e. The second kappa shape index (κ2) is 6.64. The summed E-state index contributed by atoms with van der Waals surface area (Å²) in [5.41, 5.74) is 0.824. The average molecular weight is 338 g/mol. The predicted octanol–water partition coefficient (Wildman–Crippen LogP) is 2.62. The summed E-state index contributed by atoms with van der Waals surface area (Å²) in [6.07, 6.45) is -0.827. The second-order valence-electron chi connectivity index (χ2n) is 5.35. The van der Waals surface area contributed by atoms with Crippen molar-refractivity contribution in [3.05, 3.63) is 60.5 Å². The van der Waals surface area contributed by atoms with Gasteiger partial charge >= 0.3 is 5.97 Å². The first-order valence-corrected chi connectivity index (χ1v) is 7.73. The van der Waals surface area contributed by atoms with Crippen LogP contribution < -0.4 is 9.47 Å². The van der Waals surface area contributed by atoms with E-state index in [4.69, 9.17) is 18.7 Å². The van der Waals surface area contributed by atoms with Crippen molar-refractivity contribution in [1.82, 2.24) is 10.1 Å². The van der Waals surface area contributed by atoms with Crippen LogP contribution >= 0.6 is 0 Å². The Bertz CT molecular complexity index is 878. The molecule has 1 aliphatic rings. The SMILES string of the molecule is O=C(OCc1nc(-c2ccccc2)no1)C1COc2ccccc2O1. The van der Waals surface area contributed by atoms with Crippen molar-refractivity contribution in [1.29, 1.82) is 0 Å². The number of para-hydroxylation sites is 2. The summed E-state index contributed by atoms with van der Waals surface area (Å²) in [6.45, 7) is -0.0326. The van der Waals surface area contributed by atoms with Crippen LogP contribution in [0.1, 0.15) is 5.89 Å². The first-order valence-electron chi connectivity index (χ1n) is 7.73.